The molecule has 2 aromatic heterocycles. The minimum atomic E-state index is -0.322. The Hall–Kier alpha value is -2.33. The zero-order valence-corrected chi connectivity index (χ0v) is 10.5. The Morgan fingerprint density at radius 2 is 2.05 bits per heavy atom. The molecule has 0 bridgehead atoms. The number of rotatable bonds is 2. The van der Waals surface area contributed by atoms with Gasteiger partial charge in [0.2, 0.25) is 0 Å². The molecule has 3 rings (SSSR count). The molecular weight excluding hydrogens is 264 g/mol. The van der Waals surface area contributed by atoms with Crippen molar-refractivity contribution in [3.05, 3.63) is 59.6 Å². The van der Waals surface area contributed by atoms with Crippen molar-refractivity contribution in [1.29, 1.82) is 0 Å². The summed E-state index contributed by atoms with van der Waals surface area (Å²) in [5.74, 6) is -0.0746. The van der Waals surface area contributed by atoms with Crippen LogP contribution >= 0.6 is 11.6 Å². The van der Waals surface area contributed by atoms with Gasteiger partial charge in [-0.2, -0.15) is 0 Å². The van der Waals surface area contributed by atoms with Crippen LogP contribution in [0.3, 0.4) is 0 Å². The topological polar surface area (TPSA) is 55.1 Å². The molecule has 0 atom stereocenters. The molecule has 0 aliphatic rings. The van der Waals surface area contributed by atoms with E-state index in [4.69, 9.17) is 16.0 Å². The highest BCUT2D eigenvalue weighted by atomic mass is 35.5. The molecule has 0 aliphatic heterocycles. The number of furan rings is 1. The molecule has 0 saturated carbocycles. The molecule has 2 heterocycles. The van der Waals surface area contributed by atoms with E-state index in [1.807, 2.05) is 24.3 Å². The number of anilines is 1. The summed E-state index contributed by atoms with van der Waals surface area (Å²) in [7, 11) is 0. The Bertz CT molecular complexity index is 738. The fraction of sp³-hybridized carbons (Fsp3) is 0. The Labute approximate surface area is 114 Å². The molecule has 0 fully saturated rings. The monoisotopic (exact) mass is 272 g/mol. The van der Waals surface area contributed by atoms with Gasteiger partial charge in [0.1, 0.15) is 5.15 Å². The molecule has 3 aromatic rings. The van der Waals surface area contributed by atoms with E-state index in [-0.39, 0.29) is 11.7 Å². The lowest BCUT2D eigenvalue weighted by Gasteiger charge is -2.07. The third-order valence-corrected chi connectivity index (χ3v) is 2.87. The van der Waals surface area contributed by atoms with Crippen molar-refractivity contribution in [3.63, 3.8) is 0 Å². The van der Waals surface area contributed by atoms with Crippen LogP contribution in [0.4, 0.5) is 5.69 Å². The molecule has 0 spiro atoms. The molecule has 1 aromatic carbocycles. The molecule has 19 heavy (non-hydrogen) atoms. The van der Waals surface area contributed by atoms with E-state index in [0.717, 1.165) is 10.9 Å². The Morgan fingerprint density at radius 1 is 1.21 bits per heavy atom. The lowest BCUT2D eigenvalue weighted by molar-refractivity contribution is 0.0997. The molecule has 94 valence electrons. The van der Waals surface area contributed by atoms with E-state index < -0.39 is 0 Å². The standard InChI is InChI=1S/C14H9ClN2O2/c15-13-8-11(9-4-1-2-5-10(9)16-13)17-14(18)12-6-3-7-19-12/h1-8H,(H,16,17,18). The van der Waals surface area contributed by atoms with Gasteiger partial charge in [0.15, 0.2) is 5.76 Å². The summed E-state index contributed by atoms with van der Waals surface area (Å²) in [6.45, 7) is 0. The maximum Gasteiger partial charge on any atom is 0.291 e. The van der Waals surface area contributed by atoms with Gasteiger partial charge >= 0.3 is 0 Å². The van der Waals surface area contributed by atoms with E-state index in [1.54, 1.807) is 18.2 Å². The maximum atomic E-state index is 12.0. The lowest BCUT2D eigenvalue weighted by atomic mass is 10.2. The first-order valence-corrected chi connectivity index (χ1v) is 6.02. The van der Waals surface area contributed by atoms with Gasteiger partial charge in [-0.25, -0.2) is 4.98 Å². The SMILES string of the molecule is O=C(Nc1cc(Cl)nc2ccccc12)c1ccco1. The zero-order valence-electron chi connectivity index (χ0n) is 9.76. The molecule has 4 nitrogen and oxygen atoms in total. The number of carbonyl (C=O) groups is 1. The van der Waals surface area contributed by atoms with E-state index >= 15 is 0 Å². The number of hydrogen-bond donors (Lipinski definition) is 1. The third kappa shape index (κ3) is 2.30. The predicted octanol–water partition coefficient (Wildman–Crippen LogP) is 3.73. The summed E-state index contributed by atoms with van der Waals surface area (Å²) in [4.78, 5) is 16.2. The predicted molar refractivity (Wildman–Crippen MR) is 73.4 cm³/mol. The number of benzene rings is 1. The molecule has 0 radical (unpaired) electrons. The summed E-state index contributed by atoms with van der Waals surface area (Å²) < 4.78 is 5.05. The quantitative estimate of drug-likeness (QED) is 0.723. The number of hydrogen-bond acceptors (Lipinski definition) is 3. The fourth-order valence-corrected chi connectivity index (χ4v) is 2.04. The van der Waals surface area contributed by atoms with Crippen molar-refractivity contribution in [2.45, 2.75) is 0 Å². The first kappa shape index (κ1) is 11.7. The van der Waals surface area contributed by atoms with Gasteiger partial charge in [-0.05, 0) is 24.3 Å². The van der Waals surface area contributed by atoms with Crippen LogP contribution in [0.15, 0.2) is 53.1 Å². The van der Waals surface area contributed by atoms with E-state index in [2.05, 4.69) is 10.3 Å². The smallest absolute Gasteiger partial charge is 0.291 e. The van der Waals surface area contributed by atoms with Crippen molar-refractivity contribution in [2.75, 3.05) is 5.32 Å². The average molecular weight is 273 g/mol. The normalized spacial score (nSPS) is 10.6. The molecule has 0 aliphatic carbocycles. The summed E-state index contributed by atoms with van der Waals surface area (Å²) in [5, 5.41) is 3.92. The Morgan fingerprint density at radius 3 is 2.84 bits per heavy atom. The van der Waals surface area contributed by atoms with E-state index in [9.17, 15) is 4.79 Å². The first-order valence-electron chi connectivity index (χ1n) is 5.64. The second-order valence-electron chi connectivity index (χ2n) is 3.94. The maximum absolute atomic E-state index is 12.0. The van der Waals surface area contributed by atoms with Crippen molar-refractivity contribution in [1.82, 2.24) is 4.98 Å². The molecule has 0 saturated heterocycles. The van der Waals surface area contributed by atoms with Gasteiger partial charge in [-0.1, -0.05) is 29.8 Å². The van der Waals surface area contributed by atoms with Gasteiger partial charge < -0.3 is 9.73 Å². The van der Waals surface area contributed by atoms with Crippen molar-refractivity contribution >= 4 is 34.1 Å². The van der Waals surface area contributed by atoms with Crippen LogP contribution in [0.2, 0.25) is 5.15 Å². The fourth-order valence-electron chi connectivity index (χ4n) is 1.84. The highest BCUT2D eigenvalue weighted by Gasteiger charge is 2.11. The van der Waals surface area contributed by atoms with Gasteiger partial charge in [-0.15, -0.1) is 0 Å². The van der Waals surface area contributed by atoms with Crippen LogP contribution in [0, 0.1) is 0 Å². The number of pyridine rings is 1. The van der Waals surface area contributed by atoms with Gasteiger partial charge in [0.05, 0.1) is 17.5 Å². The summed E-state index contributed by atoms with van der Waals surface area (Å²) >= 11 is 5.95. The van der Waals surface area contributed by atoms with Crippen molar-refractivity contribution in [2.24, 2.45) is 0 Å². The van der Waals surface area contributed by atoms with E-state index in [1.165, 1.54) is 6.26 Å². The number of amides is 1. The number of para-hydroxylation sites is 1. The average Bonchev–Trinajstić information content (AvgIpc) is 2.92. The Kier molecular flexibility index (Phi) is 2.93. The number of nitrogens with zero attached hydrogens (tertiary/aromatic N) is 1. The number of nitrogens with one attached hydrogen (secondary N) is 1. The zero-order chi connectivity index (χ0) is 13.2. The third-order valence-electron chi connectivity index (χ3n) is 2.68. The molecule has 1 amide bonds. The van der Waals surface area contributed by atoms with Crippen LogP contribution in [0.5, 0.6) is 0 Å². The van der Waals surface area contributed by atoms with Gasteiger partial charge in [0.25, 0.3) is 5.91 Å². The van der Waals surface area contributed by atoms with Crippen LogP contribution in [-0.2, 0) is 0 Å². The van der Waals surface area contributed by atoms with Gasteiger partial charge in [0, 0.05) is 5.39 Å². The molecule has 0 unspecified atom stereocenters. The highest BCUT2D eigenvalue weighted by Crippen LogP contribution is 2.25. The van der Waals surface area contributed by atoms with Crippen molar-refractivity contribution in [3.8, 4) is 0 Å². The van der Waals surface area contributed by atoms with Crippen LogP contribution in [0.25, 0.3) is 10.9 Å². The van der Waals surface area contributed by atoms with Gasteiger partial charge in [-0.3, -0.25) is 4.79 Å². The highest BCUT2D eigenvalue weighted by molar-refractivity contribution is 6.30. The minimum Gasteiger partial charge on any atom is -0.459 e. The van der Waals surface area contributed by atoms with Crippen molar-refractivity contribution < 1.29 is 9.21 Å². The van der Waals surface area contributed by atoms with Crippen LogP contribution in [-0.4, -0.2) is 10.9 Å². The lowest BCUT2D eigenvalue weighted by Crippen LogP contribution is -2.11. The Balaban J connectivity index is 2.03. The minimum absolute atomic E-state index is 0.247. The van der Waals surface area contributed by atoms with Crippen LogP contribution < -0.4 is 5.32 Å². The summed E-state index contributed by atoms with van der Waals surface area (Å²) in [6, 6.07) is 12.3. The molecular formula is C14H9ClN2O2. The van der Waals surface area contributed by atoms with Crippen LogP contribution in [0.1, 0.15) is 10.6 Å². The molecule has 1 N–H and O–H groups in total. The number of aromatic nitrogens is 1. The van der Waals surface area contributed by atoms with E-state index in [0.29, 0.717) is 10.8 Å². The summed E-state index contributed by atoms with van der Waals surface area (Å²) in [5.41, 5.74) is 1.33. The largest absolute Gasteiger partial charge is 0.459 e. The number of carbonyl (C=O) groups excluding carboxylic acids is 1. The second kappa shape index (κ2) is 4.74. The molecule has 5 heteroatoms. The summed E-state index contributed by atoms with van der Waals surface area (Å²) in [6.07, 6.45) is 1.45. The number of fused-ring (bicyclic) bond motifs is 1. The number of halogens is 1. The second-order valence-corrected chi connectivity index (χ2v) is 4.33. The first-order chi connectivity index (χ1) is 9.24.